The Labute approximate surface area is 284 Å². The van der Waals surface area contributed by atoms with Crippen molar-refractivity contribution < 1.29 is 0 Å². The Hall–Kier alpha value is -6.45. The lowest BCUT2D eigenvalue weighted by molar-refractivity contribution is 0.665. The fourth-order valence-corrected chi connectivity index (χ4v) is 7.57. The van der Waals surface area contributed by atoms with Gasteiger partial charge in [0.2, 0.25) is 0 Å². The Kier molecular flexibility index (Phi) is 6.25. The van der Waals surface area contributed by atoms with Gasteiger partial charge in [-0.1, -0.05) is 133 Å². The number of benzene rings is 8. The molecule has 0 bridgehead atoms. The van der Waals surface area contributed by atoms with Crippen LogP contribution in [-0.2, 0) is 0 Å². The van der Waals surface area contributed by atoms with Gasteiger partial charge in [-0.25, -0.2) is 0 Å². The number of hydrogen-bond acceptors (Lipinski definition) is 2. The first-order chi connectivity index (χ1) is 24.3. The summed E-state index contributed by atoms with van der Waals surface area (Å²) in [7, 11) is 0. The molecule has 1 atom stereocenters. The Balaban J connectivity index is 1.08. The fraction of sp³-hybridized carbons (Fsp3) is 0.0217. The second kappa shape index (κ2) is 11.1. The van der Waals surface area contributed by atoms with Crippen LogP contribution < -0.4 is 5.32 Å². The zero-order valence-electron chi connectivity index (χ0n) is 26.7. The van der Waals surface area contributed by atoms with Gasteiger partial charge >= 0.3 is 0 Å². The number of rotatable bonds is 4. The van der Waals surface area contributed by atoms with E-state index in [0.29, 0.717) is 0 Å². The molecule has 10 rings (SSSR count). The van der Waals surface area contributed by atoms with Gasteiger partial charge in [-0.3, -0.25) is 4.99 Å². The Morgan fingerprint density at radius 1 is 0.469 bits per heavy atom. The van der Waals surface area contributed by atoms with Crippen LogP contribution in [0.25, 0.3) is 65.5 Å². The van der Waals surface area contributed by atoms with Crippen LogP contribution >= 0.6 is 0 Å². The van der Waals surface area contributed by atoms with Gasteiger partial charge in [0.15, 0.2) is 0 Å². The lowest BCUT2D eigenvalue weighted by Gasteiger charge is -2.26. The normalized spacial score (nSPS) is 14.7. The van der Waals surface area contributed by atoms with Gasteiger partial charge < -0.3 is 9.88 Å². The lowest BCUT2D eigenvalue weighted by Crippen LogP contribution is -2.25. The van der Waals surface area contributed by atoms with Crippen molar-refractivity contribution in [3.8, 4) is 5.69 Å². The molecule has 2 heterocycles. The summed E-state index contributed by atoms with van der Waals surface area (Å²) in [6, 6.07) is 61.1. The van der Waals surface area contributed by atoms with Crippen LogP contribution in [0.15, 0.2) is 181 Å². The zero-order chi connectivity index (χ0) is 32.3. The molecule has 0 saturated heterocycles. The third-order valence-electron chi connectivity index (χ3n) is 9.95. The van der Waals surface area contributed by atoms with Crippen LogP contribution in [0.4, 0.5) is 0 Å². The standard InChI is InChI=1S/C46H31N3/c1-2-12-31(13-3-1)42-29-43(39-19-10-16-30-11-6-7-17-38(30)39)48-46(47-42)36-22-21-35-26-37(24-23-34(35)25-36)49-44-20-9-8-18-40(44)41-27-32-14-4-5-15-33(32)28-45(41)49/h1-29,46,48H. The van der Waals surface area contributed by atoms with Gasteiger partial charge in [-0.05, 0) is 85.9 Å². The zero-order valence-corrected chi connectivity index (χ0v) is 26.7. The summed E-state index contributed by atoms with van der Waals surface area (Å²) in [5.41, 5.74) is 9.05. The maximum atomic E-state index is 5.26. The van der Waals surface area contributed by atoms with E-state index in [1.54, 1.807) is 0 Å². The van der Waals surface area contributed by atoms with Gasteiger partial charge in [0.05, 0.1) is 16.7 Å². The van der Waals surface area contributed by atoms with Crippen molar-refractivity contribution >= 4 is 65.5 Å². The van der Waals surface area contributed by atoms with Crippen molar-refractivity contribution in [2.24, 2.45) is 4.99 Å². The summed E-state index contributed by atoms with van der Waals surface area (Å²) < 4.78 is 2.41. The molecule has 1 aliphatic heterocycles. The maximum Gasteiger partial charge on any atom is 0.145 e. The minimum Gasteiger partial charge on any atom is -0.359 e. The summed E-state index contributed by atoms with van der Waals surface area (Å²) in [6.07, 6.45) is 1.96. The third-order valence-corrected chi connectivity index (χ3v) is 9.95. The molecule has 1 aromatic heterocycles. The molecule has 49 heavy (non-hydrogen) atoms. The van der Waals surface area contributed by atoms with E-state index < -0.39 is 0 Å². The smallest absolute Gasteiger partial charge is 0.145 e. The first-order valence-corrected chi connectivity index (χ1v) is 16.8. The third kappa shape index (κ3) is 4.62. The average Bonchev–Trinajstić information content (AvgIpc) is 3.49. The first-order valence-electron chi connectivity index (χ1n) is 16.8. The molecule has 0 fully saturated rings. The summed E-state index contributed by atoms with van der Waals surface area (Å²) >= 11 is 0. The average molecular weight is 626 g/mol. The van der Waals surface area contributed by atoms with Crippen LogP contribution in [0.2, 0.25) is 0 Å². The SMILES string of the molecule is C1=C(c2cccc3ccccc23)NC(c2ccc3cc(-n4c5ccccc5c5cc6ccccc6cc54)ccc3c2)N=C1c1ccccc1. The van der Waals surface area contributed by atoms with E-state index in [4.69, 9.17) is 4.99 Å². The van der Waals surface area contributed by atoms with Crippen LogP contribution in [0, 0.1) is 0 Å². The number of fused-ring (bicyclic) bond motifs is 6. The molecule has 3 nitrogen and oxygen atoms in total. The van der Waals surface area contributed by atoms with Crippen molar-refractivity contribution in [2.45, 2.75) is 6.17 Å². The van der Waals surface area contributed by atoms with Crippen LogP contribution in [-0.4, -0.2) is 10.3 Å². The highest BCUT2D eigenvalue weighted by atomic mass is 15.1. The van der Waals surface area contributed by atoms with Gasteiger partial charge in [-0.2, -0.15) is 0 Å². The quantitative estimate of drug-likeness (QED) is 0.207. The highest BCUT2D eigenvalue weighted by molar-refractivity contribution is 6.15. The predicted molar refractivity (Wildman–Crippen MR) is 207 cm³/mol. The summed E-state index contributed by atoms with van der Waals surface area (Å²) in [4.78, 5) is 5.26. The van der Waals surface area contributed by atoms with Crippen molar-refractivity contribution in [3.05, 3.63) is 193 Å². The van der Waals surface area contributed by atoms with Crippen LogP contribution in [0.1, 0.15) is 22.9 Å². The Morgan fingerprint density at radius 3 is 2.02 bits per heavy atom. The monoisotopic (exact) mass is 625 g/mol. The van der Waals surface area contributed by atoms with Crippen LogP contribution in [0.3, 0.4) is 0 Å². The molecule has 0 radical (unpaired) electrons. The number of nitrogens with zero attached hydrogens (tertiary/aromatic N) is 2. The Bertz CT molecular complexity index is 2800. The number of para-hydroxylation sites is 1. The van der Waals surface area contributed by atoms with Gasteiger partial charge in [0, 0.05) is 27.7 Å². The Morgan fingerprint density at radius 2 is 1.14 bits per heavy atom. The van der Waals surface area contributed by atoms with Crippen molar-refractivity contribution in [1.82, 2.24) is 9.88 Å². The molecule has 1 N–H and O–H groups in total. The van der Waals surface area contributed by atoms with Crippen LogP contribution in [0.5, 0.6) is 0 Å². The summed E-state index contributed by atoms with van der Waals surface area (Å²) in [6.45, 7) is 0. The largest absolute Gasteiger partial charge is 0.359 e. The van der Waals surface area contributed by atoms with E-state index in [9.17, 15) is 0 Å². The minimum absolute atomic E-state index is 0.233. The number of allylic oxidation sites excluding steroid dienone is 1. The first kappa shape index (κ1) is 27.6. The summed E-state index contributed by atoms with van der Waals surface area (Å²) in [5, 5.41) is 13.7. The van der Waals surface area contributed by atoms with Gasteiger partial charge in [0.25, 0.3) is 0 Å². The molecule has 1 unspecified atom stereocenters. The topological polar surface area (TPSA) is 29.3 Å². The molecule has 0 aliphatic carbocycles. The van der Waals surface area contributed by atoms with E-state index in [1.165, 1.54) is 59.7 Å². The van der Waals surface area contributed by atoms with E-state index in [-0.39, 0.29) is 6.17 Å². The number of aromatic nitrogens is 1. The predicted octanol–water partition coefficient (Wildman–Crippen LogP) is 11.4. The van der Waals surface area contributed by atoms with E-state index in [2.05, 4.69) is 186 Å². The minimum atomic E-state index is -0.233. The second-order valence-electron chi connectivity index (χ2n) is 12.9. The molecular weight excluding hydrogens is 595 g/mol. The number of nitrogens with one attached hydrogen (secondary N) is 1. The van der Waals surface area contributed by atoms with Crippen molar-refractivity contribution in [1.29, 1.82) is 0 Å². The second-order valence-corrected chi connectivity index (χ2v) is 12.9. The molecule has 9 aromatic rings. The maximum absolute atomic E-state index is 5.26. The fourth-order valence-electron chi connectivity index (χ4n) is 7.57. The lowest BCUT2D eigenvalue weighted by atomic mass is 9.97. The highest BCUT2D eigenvalue weighted by Gasteiger charge is 2.21. The van der Waals surface area contributed by atoms with Crippen molar-refractivity contribution in [2.75, 3.05) is 0 Å². The van der Waals surface area contributed by atoms with E-state index in [0.717, 1.165) is 28.2 Å². The van der Waals surface area contributed by atoms with Gasteiger partial charge in [0.1, 0.15) is 6.17 Å². The summed E-state index contributed by atoms with van der Waals surface area (Å²) in [5.74, 6) is 0. The molecular formula is C46H31N3. The molecule has 3 heteroatoms. The molecule has 0 saturated carbocycles. The molecule has 230 valence electrons. The number of hydrogen-bond donors (Lipinski definition) is 1. The van der Waals surface area contributed by atoms with E-state index in [1.807, 2.05) is 0 Å². The number of aliphatic imine (C=N–C) groups is 1. The van der Waals surface area contributed by atoms with Crippen molar-refractivity contribution in [3.63, 3.8) is 0 Å². The molecule has 1 aliphatic rings. The van der Waals surface area contributed by atoms with E-state index >= 15 is 0 Å². The molecule has 0 spiro atoms. The van der Waals surface area contributed by atoms with Gasteiger partial charge in [-0.15, -0.1) is 0 Å². The molecule has 0 amide bonds. The molecule has 8 aromatic carbocycles. The highest BCUT2D eigenvalue weighted by Crippen LogP contribution is 2.36.